The lowest BCUT2D eigenvalue weighted by molar-refractivity contribution is 0.0813. The van der Waals surface area contributed by atoms with Crippen LogP contribution in [0.1, 0.15) is 0 Å². The number of sulfonamides is 1. The Hall–Kier alpha value is -0.800. The highest BCUT2D eigenvalue weighted by atomic mass is 79.9. The number of rotatable bonds is 4. The number of benzene rings is 1. The molecule has 0 saturated heterocycles. The van der Waals surface area contributed by atoms with Gasteiger partial charge in [0.05, 0.1) is 4.47 Å². The van der Waals surface area contributed by atoms with E-state index < -0.39 is 33.8 Å². The third-order valence-corrected chi connectivity index (χ3v) is 3.20. The zero-order chi connectivity index (χ0) is 13.2. The molecule has 0 atom stereocenters. The number of alkyl halides is 2. The Morgan fingerprint density at radius 1 is 1.41 bits per heavy atom. The third-order valence-electron chi connectivity index (χ3n) is 1.66. The van der Waals surface area contributed by atoms with Gasteiger partial charge in [-0.25, -0.2) is 26.7 Å². The Kier molecular flexibility index (Phi) is 4.39. The van der Waals surface area contributed by atoms with Gasteiger partial charge >= 0.3 is 0 Å². The van der Waals surface area contributed by atoms with Gasteiger partial charge in [0.25, 0.3) is 6.43 Å². The molecule has 0 aliphatic carbocycles. The first-order valence-electron chi connectivity index (χ1n) is 4.14. The molecule has 0 radical (unpaired) electrons. The zero-order valence-electron chi connectivity index (χ0n) is 8.16. The lowest BCUT2D eigenvalue weighted by Crippen LogP contribution is -2.14. The van der Waals surface area contributed by atoms with Crippen molar-refractivity contribution in [2.24, 2.45) is 5.14 Å². The van der Waals surface area contributed by atoms with Crippen LogP contribution >= 0.6 is 15.9 Å². The minimum atomic E-state index is -4.21. The van der Waals surface area contributed by atoms with Crippen LogP contribution in [0.25, 0.3) is 0 Å². The number of halogens is 4. The molecule has 0 amide bonds. The molecule has 0 fully saturated rings. The average molecular weight is 334 g/mol. The summed E-state index contributed by atoms with van der Waals surface area (Å²) >= 11 is 2.87. The summed E-state index contributed by atoms with van der Waals surface area (Å²) in [4.78, 5) is -0.742. The van der Waals surface area contributed by atoms with Gasteiger partial charge < -0.3 is 4.74 Å². The summed E-state index contributed by atoms with van der Waals surface area (Å²) < 4.78 is 63.5. The molecule has 0 bridgehead atoms. The standard InChI is InChI=1S/C8H7BrF3NO3S/c9-4-1-7(17(13,14)15)5(10)2-6(4)16-3-8(11)12/h1-2,8H,3H2,(H2,13,14,15). The predicted molar refractivity (Wildman–Crippen MR) is 57.0 cm³/mol. The smallest absolute Gasteiger partial charge is 0.272 e. The number of hydrogen-bond acceptors (Lipinski definition) is 3. The van der Waals surface area contributed by atoms with E-state index in [0.29, 0.717) is 6.07 Å². The highest BCUT2D eigenvalue weighted by Gasteiger charge is 2.18. The van der Waals surface area contributed by atoms with E-state index in [0.717, 1.165) is 6.07 Å². The first-order chi connectivity index (χ1) is 7.71. The fraction of sp³-hybridized carbons (Fsp3) is 0.250. The highest BCUT2D eigenvalue weighted by Crippen LogP contribution is 2.30. The largest absolute Gasteiger partial charge is 0.486 e. The van der Waals surface area contributed by atoms with E-state index in [-0.39, 0.29) is 10.2 Å². The molecular formula is C8H7BrF3NO3S. The first kappa shape index (κ1) is 14.3. The van der Waals surface area contributed by atoms with Crippen LogP contribution in [0.5, 0.6) is 5.75 Å². The van der Waals surface area contributed by atoms with Crippen LogP contribution in [0.2, 0.25) is 0 Å². The number of primary sulfonamides is 1. The normalized spacial score (nSPS) is 11.9. The van der Waals surface area contributed by atoms with Crippen LogP contribution in [0.3, 0.4) is 0 Å². The van der Waals surface area contributed by atoms with Crippen LogP contribution in [-0.2, 0) is 10.0 Å². The van der Waals surface area contributed by atoms with Crippen molar-refractivity contribution in [3.63, 3.8) is 0 Å². The SMILES string of the molecule is NS(=O)(=O)c1cc(Br)c(OCC(F)F)cc1F. The molecule has 1 rings (SSSR count). The van der Waals surface area contributed by atoms with Crippen molar-refractivity contribution < 1.29 is 26.3 Å². The second kappa shape index (κ2) is 5.23. The summed E-state index contributed by atoms with van der Waals surface area (Å²) in [6, 6.07) is 1.53. The van der Waals surface area contributed by atoms with Crippen molar-refractivity contribution in [3.05, 3.63) is 22.4 Å². The van der Waals surface area contributed by atoms with Gasteiger partial charge in [0.1, 0.15) is 23.1 Å². The van der Waals surface area contributed by atoms with Crippen LogP contribution < -0.4 is 9.88 Å². The summed E-state index contributed by atoms with van der Waals surface area (Å²) in [5, 5.41) is 4.75. The van der Waals surface area contributed by atoms with E-state index in [9.17, 15) is 21.6 Å². The van der Waals surface area contributed by atoms with Crippen molar-refractivity contribution in [3.8, 4) is 5.75 Å². The van der Waals surface area contributed by atoms with Crippen LogP contribution in [-0.4, -0.2) is 21.5 Å². The third kappa shape index (κ3) is 3.86. The summed E-state index contributed by atoms with van der Waals surface area (Å²) in [6.45, 7) is -0.924. The molecule has 2 N–H and O–H groups in total. The molecule has 4 nitrogen and oxygen atoms in total. The van der Waals surface area contributed by atoms with Gasteiger partial charge in [-0.3, -0.25) is 0 Å². The first-order valence-corrected chi connectivity index (χ1v) is 6.48. The van der Waals surface area contributed by atoms with E-state index in [1.807, 2.05) is 0 Å². The van der Waals surface area contributed by atoms with Crippen LogP contribution in [0.15, 0.2) is 21.5 Å². The summed E-state index contributed by atoms with van der Waals surface area (Å²) in [7, 11) is -4.21. The Morgan fingerprint density at radius 3 is 2.47 bits per heavy atom. The Balaban J connectivity index is 3.10. The van der Waals surface area contributed by atoms with Gasteiger partial charge in [0, 0.05) is 6.07 Å². The monoisotopic (exact) mass is 333 g/mol. The summed E-state index contributed by atoms with van der Waals surface area (Å²) in [5.41, 5.74) is 0. The molecule has 96 valence electrons. The molecule has 1 aromatic rings. The highest BCUT2D eigenvalue weighted by molar-refractivity contribution is 9.10. The maximum absolute atomic E-state index is 13.3. The molecule has 0 unspecified atom stereocenters. The maximum Gasteiger partial charge on any atom is 0.272 e. The second-order valence-electron chi connectivity index (χ2n) is 2.96. The van der Waals surface area contributed by atoms with Crippen molar-refractivity contribution in [2.45, 2.75) is 11.3 Å². The minimum absolute atomic E-state index is 0.0172. The Labute approximate surface area is 104 Å². The topological polar surface area (TPSA) is 69.4 Å². The number of nitrogens with two attached hydrogens (primary N) is 1. The predicted octanol–water partition coefficient (Wildman–Crippen LogP) is 1.88. The van der Waals surface area contributed by atoms with E-state index in [1.165, 1.54) is 0 Å². The summed E-state index contributed by atoms with van der Waals surface area (Å²) in [5.74, 6) is -1.39. The van der Waals surface area contributed by atoms with Crippen molar-refractivity contribution in [1.82, 2.24) is 0 Å². The molecule has 0 saturated carbocycles. The molecular weight excluding hydrogens is 327 g/mol. The van der Waals surface area contributed by atoms with Gasteiger partial charge in [-0.1, -0.05) is 0 Å². The molecule has 0 aliphatic heterocycles. The van der Waals surface area contributed by atoms with Crippen LogP contribution in [0.4, 0.5) is 13.2 Å². The molecule has 0 aromatic heterocycles. The molecule has 9 heteroatoms. The average Bonchev–Trinajstić information content (AvgIpc) is 2.17. The minimum Gasteiger partial charge on any atom is -0.486 e. The Morgan fingerprint density at radius 2 is 2.00 bits per heavy atom. The zero-order valence-corrected chi connectivity index (χ0v) is 10.6. The number of ether oxygens (including phenoxy) is 1. The fourth-order valence-electron chi connectivity index (χ4n) is 0.992. The van der Waals surface area contributed by atoms with Gasteiger partial charge in [0.15, 0.2) is 0 Å². The molecule has 0 heterocycles. The van der Waals surface area contributed by atoms with Gasteiger partial charge in [-0.2, -0.15) is 0 Å². The fourth-order valence-corrected chi connectivity index (χ4v) is 2.21. The molecule has 0 aliphatic rings. The van der Waals surface area contributed by atoms with Crippen molar-refractivity contribution >= 4 is 26.0 Å². The molecule has 17 heavy (non-hydrogen) atoms. The number of hydrogen-bond donors (Lipinski definition) is 1. The van der Waals surface area contributed by atoms with Gasteiger partial charge in [-0.05, 0) is 22.0 Å². The van der Waals surface area contributed by atoms with E-state index in [4.69, 9.17) is 5.14 Å². The maximum atomic E-state index is 13.3. The van der Waals surface area contributed by atoms with E-state index >= 15 is 0 Å². The van der Waals surface area contributed by atoms with Crippen molar-refractivity contribution in [2.75, 3.05) is 6.61 Å². The lowest BCUT2D eigenvalue weighted by atomic mass is 10.3. The quantitative estimate of drug-likeness (QED) is 0.914. The molecule has 1 aromatic carbocycles. The van der Waals surface area contributed by atoms with Gasteiger partial charge in [0.2, 0.25) is 10.0 Å². The van der Waals surface area contributed by atoms with E-state index in [1.54, 1.807) is 0 Å². The van der Waals surface area contributed by atoms with Crippen molar-refractivity contribution in [1.29, 1.82) is 0 Å². The van der Waals surface area contributed by atoms with Crippen LogP contribution in [0, 0.1) is 5.82 Å². The summed E-state index contributed by atoms with van der Waals surface area (Å²) in [6.07, 6.45) is -2.72. The van der Waals surface area contributed by atoms with E-state index in [2.05, 4.69) is 20.7 Å². The Bertz CT molecular complexity index is 521. The molecule has 0 spiro atoms. The lowest BCUT2D eigenvalue weighted by Gasteiger charge is -2.09. The van der Waals surface area contributed by atoms with Gasteiger partial charge in [-0.15, -0.1) is 0 Å². The second-order valence-corrected chi connectivity index (χ2v) is 5.34.